The van der Waals surface area contributed by atoms with Gasteiger partial charge >= 0.3 is 5.97 Å². The minimum Gasteiger partial charge on any atom is -0.468 e. The number of ether oxygens (including phenoxy) is 1. The Morgan fingerprint density at radius 1 is 1.26 bits per heavy atom. The molecule has 0 spiro atoms. The number of hydrogen-bond acceptors (Lipinski definition) is 4. The van der Waals surface area contributed by atoms with Crippen LogP contribution in [-0.4, -0.2) is 27.5 Å². The van der Waals surface area contributed by atoms with Gasteiger partial charge in [0.2, 0.25) is 10.0 Å². The smallest absolute Gasteiger partial charge is 0.323 e. The van der Waals surface area contributed by atoms with E-state index in [0.717, 1.165) is 14.0 Å². The Labute approximate surface area is 107 Å². The molecule has 19 heavy (non-hydrogen) atoms. The van der Waals surface area contributed by atoms with Crippen molar-refractivity contribution in [2.45, 2.75) is 17.9 Å². The number of methoxy groups -OCH3 is 1. The standard InChI is InChI=1S/C10H10F3NO4S/c1-5(10(15)18-2)14-19(16,17)7-4-3-6(11)8(12)9(7)13/h3-5,14H,1-2H3. The molecular weight excluding hydrogens is 287 g/mol. The zero-order valence-electron chi connectivity index (χ0n) is 9.91. The van der Waals surface area contributed by atoms with Crippen molar-refractivity contribution in [1.82, 2.24) is 4.72 Å². The van der Waals surface area contributed by atoms with Crippen LogP contribution in [0.15, 0.2) is 17.0 Å². The number of nitrogens with one attached hydrogen (secondary N) is 1. The van der Waals surface area contributed by atoms with Crippen molar-refractivity contribution in [2.24, 2.45) is 0 Å². The maximum absolute atomic E-state index is 13.3. The van der Waals surface area contributed by atoms with Crippen LogP contribution in [0.1, 0.15) is 6.92 Å². The topological polar surface area (TPSA) is 72.5 Å². The summed E-state index contributed by atoms with van der Waals surface area (Å²) in [5, 5.41) is 0. The largest absolute Gasteiger partial charge is 0.468 e. The molecule has 1 N–H and O–H groups in total. The van der Waals surface area contributed by atoms with Crippen LogP contribution in [0.25, 0.3) is 0 Å². The lowest BCUT2D eigenvalue weighted by Gasteiger charge is -2.12. The van der Waals surface area contributed by atoms with E-state index in [1.807, 2.05) is 0 Å². The van der Waals surface area contributed by atoms with Crippen LogP contribution < -0.4 is 4.72 Å². The van der Waals surface area contributed by atoms with Gasteiger partial charge in [0, 0.05) is 0 Å². The van der Waals surface area contributed by atoms with Gasteiger partial charge in [0.1, 0.15) is 10.9 Å². The molecule has 0 saturated heterocycles. The molecule has 0 aromatic heterocycles. The third kappa shape index (κ3) is 3.24. The minimum absolute atomic E-state index is 0.468. The lowest BCUT2D eigenvalue weighted by Crippen LogP contribution is -2.39. The Bertz CT molecular complexity index is 603. The highest BCUT2D eigenvalue weighted by Gasteiger charge is 2.27. The van der Waals surface area contributed by atoms with E-state index < -0.39 is 44.4 Å². The monoisotopic (exact) mass is 297 g/mol. The molecule has 0 amide bonds. The first-order chi connectivity index (χ1) is 8.70. The molecule has 1 unspecified atom stereocenters. The molecule has 0 fully saturated rings. The maximum Gasteiger partial charge on any atom is 0.323 e. The summed E-state index contributed by atoms with van der Waals surface area (Å²) in [4.78, 5) is 9.95. The maximum atomic E-state index is 13.3. The summed E-state index contributed by atoms with van der Waals surface area (Å²) in [5.41, 5.74) is 0. The van der Waals surface area contributed by atoms with Crippen molar-refractivity contribution in [2.75, 3.05) is 7.11 Å². The van der Waals surface area contributed by atoms with Crippen LogP contribution in [0.3, 0.4) is 0 Å². The molecular formula is C10H10F3NO4S. The second-order valence-corrected chi connectivity index (χ2v) is 5.22. The highest BCUT2D eigenvalue weighted by molar-refractivity contribution is 7.89. The van der Waals surface area contributed by atoms with Crippen molar-refractivity contribution in [1.29, 1.82) is 0 Å². The van der Waals surface area contributed by atoms with Gasteiger partial charge in [-0.3, -0.25) is 4.79 Å². The zero-order chi connectivity index (χ0) is 14.8. The average molecular weight is 297 g/mol. The molecule has 0 bridgehead atoms. The third-order valence-electron chi connectivity index (χ3n) is 2.18. The van der Waals surface area contributed by atoms with E-state index in [1.165, 1.54) is 0 Å². The van der Waals surface area contributed by atoms with Crippen molar-refractivity contribution >= 4 is 16.0 Å². The van der Waals surface area contributed by atoms with E-state index >= 15 is 0 Å². The number of carbonyl (C=O) groups excluding carboxylic acids is 1. The Morgan fingerprint density at radius 2 is 1.84 bits per heavy atom. The lowest BCUT2D eigenvalue weighted by molar-refractivity contribution is -0.142. The zero-order valence-corrected chi connectivity index (χ0v) is 10.7. The Morgan fingerprint density at radius 3 is 2.37 bits per heavy atom. The number of benzene rings is 1. The van der Waals surface area contributed by atoms with Crippen LogP contribution >= 0.6 is 0 Å². The van der Waals surface area contributed by atoms with Crippen LogP contribution in [0.5, 0.6) is 0 Å². The highest BCUT2D eigenvalue weighted by atomic mass is 32.2. The summed E-state index contributed by atoms with van der Waals surface area (Å²) in [6, 6.07) is -0.280. The van der Waals surface area contributed by atoms with E-state index in [0.29, 0.717) is 12.1 Å². The van der Waals surface area contributed by atoms with Gasteiger partial charge in [0.25, 0.3) is 0 Å². The normalized spacial score (nSPS) is 13.1. The Hall–Kier alpha value is -1.61. The van der Waals surface area contributed by atoms with Crippen LogP contribution in [0, 0.1) is 17.5 Å². The molecule has 0 heterocycles. The number of hydrogen-bond donors (Lipinski definition) is 1. The minimum atomic E-state index is -4.52. The predicted octanol–water partition coefficient (Wildman–Crippen LogP) is 0.944. The van der Waals surface area contributed by atoms with Crippen molar-refractivity contribution < 1.29 is 31.1 Å². The van der Waals surface area contributed by atoms with Crippen molar-refractivity contribution in [3.63, 3.8) is 0 Å². The SMILES string of the molecule is COC(=O)C(C)NS(=O)(=O)c1ccc(F)c(F)c1F. The molecule has 106 valence electrons. The first-order valence-corrected chi connectivity index (χ1v) is 6.42. The summed E-state index contributed by atoms with van der Waals surface area (Å²) in [5.74, 6) is -6.19. The van der Waals surface area contributed by atoms with Crippen molar-refractivity contribution in [3.05, 3.63) is 29.6 Å². The first-order valence-electron chi connectivity index (χ1n) is 4.94. The Balaban J connectivity index is 3.15. The van der Waals surface area contributed by atoms with Crippen LogP contribution in [-0.2, 0) is 19.6 Å². The molecule has 0 aliphatic rings. The second-order valence-electron chi connectivity index (χ2n) is 3.54. The lowest BCUT2D eigenvalue weighted by atomic mass is 10.3. The van der Waals surface area contributed by atoms with E-state index in [1.54, 1.807) is 4.72 Å². The van der Waals surface area contributed by atoms with Gasteiger partial charge in [-0.05, 0) is 19.1 Å². The molecule has 0 radical (unpaired) electrons. The van der Waals surface area contributed by atoms with Gasteiger partial charge in [-0.25, -0.2) is 21.6 Å². The van der Waals surface area contributed by atoms with Gasteiger partial charge in [-0.15, -0.1) is 0 Å². The van der Waals surface area contributed by atoms with E-state index in [-0.39, 0.29) is 0 Å². The summed E-state index contributed by atoms with van der Waals surface area (Å²) >= 11 is 0. The van der Waals surface area contributed by atoms with Gasteiger partial charge in [0.05, 0.1) is 7.11 Å². The van der Waals surface area contributed by atoms with E-state index in [2.05, 4.69) is 4.74 Å². The molecule has 1 aromatic carbocycles. The van der Waals surface area contributed by atoms with Crippen LogP contribution in [0.4, 0.5) is 13.2 Å². The fraction of sp³-hybridized carbons (Fsp3) is 0.300. The third-order valence-corrected chi connectivity index (χ3v) is 3.73. The molecule has 1 rings (SSSR count). The van der Waals surface area contributed by atoms with Crippen LogP contribution in [0.2, 0.25) is 0 Å². The molecule has 0 aliphatic heterocycles. The summed E-state index contributed by atoms with van der Waals surface area (Å²) < 4.78 is 68.4. The average Bonchev–Trinajstić information content (AvgIpc) is 2.33. The molecule has 0 aliphatic carbocycles. The second kappa shape index (κ2) is 5.57. The molecule has 9 heteroatoms. The number of sulfonamides is 1. The molecule has 1 aromatic rings. The van der Waals surface area contributed by atoms with E-state index in [4.69, 9.17) is 0 Å². The number of rotatable bonds is 4. The van der Waals surface area contributed by atoms with Gasteiger partial charge in [-0.2, -0.15) is 4.72 Å². The predicted molar refractivity (Wildman–Crippen MR) is 58.1 cm³/mol. The fourth-order valence-corrected chi connectivity index (χ4v) is 2.50. The summed E-state index contributed by atoms with van der Waals surface area (Å²) in [7, 11) is -3.48. The quantitative estimate of drug-likeness (QED) is 0.663. The highest BCUT2D eigenvalue weighted by Crippen LogP contribution is 2.19. The number of halogens is 3. The van der Waals surface area contributed by atoms with Crippen molar-refractivity contribution in [3.8, 4) is 0 Å². The first kappa shape index (κ1) is 15.4. The summed E-state index contributed by atoms with van der Waals surface area (Å²) in [6.07, 6.45) is 0. The number of carbonyl (C=O) groups is 1. The molecule has 1 atom stereocenters. The molecule has 0 saturated carbocycles. The van der Waals surface area contributed by atoms with Gasteiger partial charge in [0.15, 0.2) is 17.5 Å². The van der Waals surface area contributed by atoms with Gasteiger partial charge < -0.3 is 4.74 Å². The fourth-order valence-electron chi connectivity index (χ4n) is 1.24. The summed E-state index contributed by atoms with van der Waals surface area (Å²) in [6.45, 7) is 1.15. The van der Waals surface area contributed by atoms with Gasteiger partial charge in [-0.1, -0.05) is 0 Å². The number of esters is 1. The van der Waals surface area contributed by atoms with E-state index in [9.17, 15) is 26.4 Å². The Kier molecular flexibility index (Phi) is 4.53. The molecule has 5 nitrogen and oxygen atoms in total.